The Bertz CT molecular complexity index is 648. The third kappa shape index (κ3) is 3.74. The molecule has 116 valence electrons. The van der Waals surface area contributed by atoms with E-state index in [9.17, 15) is 4.79 Å². The highest BCUT2D eigenvalue weighted by Gasteiger charge is 2.16. The highest BCUT2D eigenvalue weighted by Crippen LogP contribution is 2.27. The van der Waals surface area contributed by atoms with Crippen LogP contribution in [-0.2, 0) is 0 Å². The first-order valence-electron chi connectivity index (χ1n) is 7.28. The summed E-state index contributed by atoms with van der Waals surface area (Å²) in [5, 5.41) is 2.63. The molecule has 0 aliphatic carbocycles. The first-order chi connectivity index (χ1) is 10.7. The summed E-state index contributed by atoms with van der Waals surface area (Å²) in [6.07, 6.45) is 1.71. The van der Waals surface area contributed by atoms with Gasteiger partial charge in [0.05, 0.1) is 0 Å². The highest BCUT2D eigenvalue weighted by atomic mass is 32.1. The van der Waals surface area contributed by atoms with Gasteiger partial charge in [-0.15, -0.1) is 11.3 Å². The minimum absolute atomic E-state index is 0.0217. The monoisotopic (exact) mass is 316 g/mol. The number of thiazole rings is 1. The average molecular weight is 316 g/mol. The summed E-state index contributed by atoms with van der Waals surface area (Å²) in [4.78, 5) is 18.5. The van der Waals surface area contributed by atoms with Gasteiger partial charge in [-0.1, -0.05) is 24.8 Å². The fourth-order valence-corrected chi connectivity index (χ4v) is 2.84. The lowest BCUT2D eigenvalue weighted by Gasteiger charge is -2.16. The third-order valence-electron chi connectivity index (χ3n) is 3.22. The number of amides is 1. The lowest BCUT2D eigenvalue weighted by molar-refractivity contribution is 0.0768. The van der Waals surface area contributed by atoms with Crippen LogP contribution in [-0.4, -0.2) is 35.5 Å². The van der Waals surface area contributed by atoms with Crippen molar-refractivity contribution in [3.8, 4) is 16.3 Å². The van der Waals surface area contributed by atoms with Crippen LogP contribution in [0.15, 0.2) is 42.3 Å². The van der Waals surface area contributed by atoms with E-state index in [4.69, 9.17) is 4.74 Å². The van der Waals surface area contributed by atoms with Crippen LogP contribution >= 0.6 is 11.3 Å². The predicted octanol–water partition coefficient (Wildman–Crippen LogP) is 3.86. The molecule has 1 heterocycles. The molecule has 22 heavy (non-hydrogen) atoms. The van der Waals surface area contributed by atoms with Gasteiger partial charge >= 0.3 is 0 Å². The molecule has 0 atom stereocenters. The van der Waals surface area contributed by atoms with E-state index in [1.165, 1.54) is 11.3 Å². The SMILES string of the molecule is C=CCOc1cccc(-c2nc(C(=O)N(CC)CC)cs2)c1. The molecule has 1 aromatic heterocycles. The average Bonchev–Trinajstić information content (AvgIpc) is 3.04. The van der Waals surface area contributed by atoms with E-state index in [-0.39, 0.29) is 5.91 Å². The molecule has 0 saturated heterocycles. The van der Waals surface area contributed by atoms with Crippen LogP contribution in [0.2, 0.25) is 0 Å². The van der Waals surface area contributed by atoms with Gasteiger partial charge in [0.25, 0.3) is 5.91 Å². The van der Waals surface area contributed by atoms with Crippen molar-refractivity contribution in [2.45, 2.75) is 13.8 Å². The lowest BCUT2D eigenvalue weighted by Crippen LogP contribution is -2.30. The number of rotatable bonds is 7. The van der Waals surface area contributed by atoms with Gasteiger partial charge in [0.15, 0.2) is 0 Å². The highest BCUT2D eigenvalue weighted by molar-refractivity contribution is 7.13. The van der Waals surface area contributed by atoms with Gasteiger partial charge in [-0.2, -0.15) is 0 Å². The van der Waals surface area contributed by atoms with Crippen molar-refractivity contribution in [3.05, 3.63) is 48.0 Å². The largest absolute Gasteiger partial charge is 0.490 e. The van der Waals surface area contributed by atoms with Crippen LogP contribution in [0.1, 0.15) is 24.3 Å². The molecule has 0 unspecified atom stereocenters. The molecule has 1 aromatic carbocycles. The van der Waals surface area contributed by atoms with Crippen molar-refractivity contribution in [1.82, 2.24) is 9.88 Å². The van der Waals surface area contributed by atoms with Crippen LogP contribution in [0.3, 0.4) is 0 Å². The number of hydrogen-bond acceptors (Lipinski definition) is 4. The minimum Gasteiger partial charge on any atom is -0.490 e. The molecular weight excluding hydrogens is 296 g/mol. The predicted molar refractivity (Wildman–Crippen MR) is 90.5 cm³/mol. The lowest BCUT2D eigenvalue weighted by atomic mass is 10.2. The number of benzene rings is 1. The van der Waals surface area contributed by atoms with Crippen molar-refractivity contribution in [1.29, 1.82) is 0 Å². The van der Waals surface area contributed by atoms with Crippen LogP contribution < -0.4 is 4.74 Å². The van der Waals surface area contributed by atoms with Crippen LogP contribution in [0, 0.1) is 0 Å². The molecule has 0 spiro atoms. The van der Waals surface area contributed by atoms with E-state index < -0.39 is 0 Å². The van der Waals surface area contributed by atoms with E-state index in [1.54, 1.807) is 11.0 Å². The summed E-state index contributed by atoms with van der Waals surface area (Å²) >= 11 is 1.47. The molecule has 0 bridgehead atoms. The van der Waals surface area contributed by atoms with E-state index >= 15 is 0 Å². The molecular formula is C17H20N2O2S. The summed E-state index contributed by atoms with van der Waals surface area (Å²) in [6.45, 7) is 9.41. The van der Waals surface area contributed by atoms with Crippen molar-refractivity contribution in [3.63, 3.8) is 0 Å². The number of aromatic nitrogens is 1. The summed E-state index contributed by atoms with van der Waals surface area (Å²) in [5.74, 6) is 0.746. The zero-order valence-electron chi connectivity index (χ0n) is 12.9. The van der Waals surface area contributed by atoms with Gasteiger partial charge in [-0.3, -0.25) is 4.79 Å². The molecule has 2 aromatic rings. The maximum absolute atomic E-state index is 12.3. The fraction of sp³-hybridized carbons (Fsp3) is 0.294. The van der Waals surface area contributed by atoms with Crippen LogP contribution in [0.5, 0.6) is 5.75 Å². The van der Waals surface area contributed by atoms with Gasteiger partial charge in [0, 0.05) is 24.0 Å². The Hall–Kier alpha value is -2.14. The molecule has 0 aliphatic heterocycles. The second kappa shape index (κ2) is 7.75. The number of carbonyl (C=O) groups is 1. The van der Waals surface area contributed by atoms with E-state index in [0.29, 0.717) is 25.4 Å². The molecule has 0 N–H and O–H groups in total. The molecule has 4 nitrogen and oxygen atoms in total. The first-order valence-corrected chi connectivity index (χ1v) is 8.16. The summed E-state index contributed by atoms with van der Waals surface area (Å²) in [5.41, 5.74) is 1.45. The molecule has 5 heteroatoms. The second-order valence-electron chi connectivity index (χ2n) is 4.64. The van der Waals surface area contributed by atoms with E-state index in [0.717, 1.165) is 16.3 Å². The first kappa shape index (κ1) is 16.2. The summed E-state index contributed by atoms with van der Waals surface area (Å²) in [6, 6.07) is 7.70. The topological polar surface area (TPSA) is 42.4 Å². The maximum Gasteiger partial charge on any atom is 0.273 e. The van der Waals surface area contributed by atoms with Crippen molar-refractivity contribution in [2.75, 3.05) is 19.7 Å². The number of nitrogens with zero attached hydrogens (tertiary/aromatic N) is 2. The summed E-state index contributed by atoms with van der Waals surface area (Å²) < 4.78 is 5.53. The molecule has 0 aliphatic rings. The standard InChI is InChI=1S/C17H20N2O2S/c1-4-10-21-14-9-7-8-13(11-14)16-18-15(12-22-16)17(20)19(5-2)6-3/h4,7-9,11-12H,1,5-6,10H2,2-3H3. The van der Waals surface area contributed by atoms with Gasteiger partial charge in [0.2, 0.25) is 0 Å². The third-order valence-corrected chi connectivity index (χ3v) is 4.11. The maximum atomic E-state index is 12.3. The molecule has 0 fully saturated rings. The quantitative estimate of drug-likeness (QED) is 0.729. The van der Waals surface area contributed by atoms with Crippen molar-refractivity contribution in [2.24, 2.45) is 0 Å². The Balaban J connectivity index is 2.20. The minimum atomic E-state index is -0.0217. The Morgan fingerprint density at radius 3 is 2.86 bits per heavy atom. The van der Waals surface area contributed by atoms with E-state index in [2.05, 4.69) is 11.6 Å². The molecule has 0 radical (unpaired) electrons. The zero-order chi connectivity index (χ0) is 15.9. The Morgan fingerprint density at radius 1 is 1.41 bits per heavy atom. The van der Waals surface area contributed by atoms with Crippen LogP contribution in [0.4, 0.5) is 0 Å². The zero-order valence-corrected chi connectivity index (χ0v) is 13.7. The molecule has 0 saturated carbocycles. The summed E-state index contributed by atoms with van der Waals surface area (Å²) in [7, 11) is 0. The number of carbonyl (C=O) groups excluding carboxylic acids is 1. The van der Waals surface area contributed by atoms with Gasteiger partial charge < -0.3 is 9.64 Å². The smallest absolute Gasteiger partial charge is 0.273 e. The van der Waals surface area contributed by atoms with Crippen LogP contribution in [0.25, 0.3) is 10.6 Å². The Labute approximate surface area is 135 Å². The van der Waals surface area contributed by atoms with Gasteiger partial charge in [-0.25, -0.2) is 4.98 Å². The normalized spacial score (nSPS) is 10.3. The Kier molecular flexibility index (Phi) is 5.72. The van der Waals surface area contributed by atoms with Crippen molar-refractivity contribution >= 4 is 17.2 Å². The molecule has 1 amide bonds. The number of hydrogen-bond donors (Lipinski definition) is 0. The Morgan fingerprint density at radius 2 is 2.18 bits per heavy atom. The van der Waals surface area contributed by atoms with Gasteiger partial charge in [-0.05, 0) is 26.0 Å². The van der Waals surface area contributed by atoms with Gasteiger partial charge in [0.1, 0.15) is 23.1 Å². The van der Waals surface area contributed by atoms with E-state index in [1.807, 2.05) is 43.5 Å². The fourth-order valence-electron chi connectivity index (χ4n) is 2.05. The second-order valence-corrected chi connectivity index (χ2v) is 5.50. The van der Waals surface area contributed by atoms with Crippen molar-refractivity contribution < 1.29 is 9.53 Å². The number of ether oxygens (including phenoxy) is 1. The molecule has 2 rings (SSSR count).